The average Bonchev–Trinajstić information content (AvgIpc) is 3.10. The van der Waals surface area contributed by atoms with Crippen LogP contribution in [-0.4, -0.2) is 37.0 Å². The van der Waals surface area contributed by atoms with Crippen molar-refractivity contribution >= 4 is 29.3 Å². The molecule has 0 saturated carbocycles. The average molecular weight is 293 g/mol. The first kappa shape index (κ1) is 13.5. The molecule has 20 heavy (non-hydrogen) atoms. The summed E-state index contributed by atoms with van der Waals surface area (Å²) in [5, 5.41) is 4.38. The zero-order chi connectivity index (χ0) is 12.8. The number of para-hydroxylation sites is 1. The topological polar surface area (TPSA) is 45.5 Å². The number of hydrogen-bond donors (Lipinski definition) is 1. The summed E-state index contributed by atoms with van der Waals surface area (Å²) in [6.45, 7) is 3.78. The highest BCUT2D eigenvalue weighted by Crippen LogP contribution is 2.28. The van der Waals surface area contributed by atoms with Gasteiger partial charge in [-0.1, -0.05) is 18.2 Å². The number of nitrogens with one attached hydrogen (secondary N) is 1. The SMILES string of the molecule is Cl.O=C(c1cc2ccccc2o1)N1C[C@H]2CNC[C@H]2C1. The lowest BCUT2D eigenvalue weighted by Crippen LogP contribution is -2.31. The summed E-state index contributed by atoms with van der Waals surface area (Å²) in [6, 6.07) is 9.60. The third-order valence-electron chi connectivity index (χ3n) is 4.31. The predicted molar refractivity (Wildman–Crippen MR) is 79.2 cm³/mol. The zero-order valence-corrected chi connectivity index (χ0v) is 11.9. The highest BCUT2D eigenvalue weighted by Gasteiger charge is 2.38. The molecule has 0 aliphatic carbocycles. The Balaban J connectivity index is 0.00000121. The van der Waals surface area contributed by atoms with Crippen LogP contribution in [0.5, 0.6) is 0 Å². The third kappa shape index (κ3) is 2.09. The van der Waals surface area contributed by atoms with Crippen LogP contribution in [0.1, 0.15) is 10.6 Å². The molecule has 1 amide bonds. The Labute approximate surface area is 123 Å². The molecule has 0 spiro atoms. The molecule has 0 unspecified atom stereocenters. The van der Waals surface area contributed by atoms with E-state index in [1.165, 1.54) is 0 Å². The van der Waals surface area contributed by atoms with Gasteiger partial charge in [0.25, 0.3) is 5.91 Å². The van der Waals surface area contributed by atoms with E-state index >= 15 is 0 Å². The Bertz CT molecular complexity index is 595. The number of likely N-dealkylation sites (tertiary alicyclic amines) is 1. The fraction of sp³-hybridized carbons (Fsp3) is 0.400. The van der Waals surface area contributed by atoms with Crippen molar-refractivity contribution in [2.45, 2.75) is 0 Å². The summed E-state index contributed by atoms with van der Waals surface area (Å²) >= 11 is 0. The molecule has 3 heterocycles. The van der Waals surface area contributed by atoms with Gasteiger partial charge in [-0.05, 0) is 24.0 Å². The molecular formula is C15H17ClN2O2. The number of benzene rings is 1. The van der Waals surface area contributed by atoms with Crippen molar-refractivity contribution in [3.8, 4) is 0 Å². The van der Waals surface area contributed by atoms with Gasteiger partial charge in [-0.2, -0.15) is 0 Å². The van der Waals surface area contributed by atoms with Crippen molar-refractivity contribution in [3.63, 3.8) is 0 Å². The molecule has 0 radical (unpaired) electrons. The van der Waals surface area contributed by atoms with Gasteiger partial charge in [-0.3, -0.25) is 4.79 Å². The largest absolute Gasteiger partial charge is 0.451 e. The molecule has 2 saturated heterocycles. The first-order chi connectivity index (χ1) is 9.31. The Kier molecular flexibility index (Phi) is 3.44. The van der Waals surface area contributed by atoms with Gasteiger partial charge in [0.1, 0.15) is 5.58 Å². The highest BCUT2D eigenvalue weighted by molar-refractivity contribution is 5.96. The van der Waals surface area contributed by atoms with Gasteiger partial charge in [0.05, 0.1) is 0 Å². The van der Waals surface area contributed by atoms with E-state index < -0.39 is 0 Å². The van der Waals surface area contributed by atoms with Gasteiger partial charge >= 0.3 is 0 Å². The monoisotopic (exact) mass is 292 g/mol. The lowest BCUT2D eigenvalue weighted by atomic mass is 10.0. The number of hydrogen-bond acceptors (Lipinski definition) is 3. The standard InChI is InChI=1S/C15H16N2O2.ClH/c18-15(17-8-11-6-16-7-12(11)9-17)14-5-10-3-1-2-4-13(10)19-14;/h1-5,11-12,16H,6-9H2;1H/t11-,12+;. The van der Waals surface area contributed by atoms with Gasteiger partial charge < -0.3 is 14.6 Å². The van der Waals surface area contributed by atoms with Crippen LogP contribution >= 0.6 is 12.4 Å². The van der Waals surface area contributed by atoms with Crippen LogP contribution in [0, 0.1) is 11.8 Å². The van der Waals surface area contributed by atoms with E-state index in [2.05, 4.69) is 5.32 Å². The summed E-state index contributed by atoms with van der Waals surface area (Å²) in [5.41, 5.74) is 0.784. The van der Waals surface area contributed by atoms with E-state index in [1.54, 1.807) is 0 Å². The van der Waals surface area contributed by atoms with Crippen molar-refractivity contribution in [3.05, 3.63) is 36.1 Å². The minimum absolute atomic E-state index is 0. The van der Waals surface area contributed by atoms with E-state index in [0.29, 0.717) is 17.6 Å². The normalized spacial score (nSPS) is 24.7. The second-order valence-corrected chi connectivity index (χ2v) is 5.54. The molecule has 5 heteroatoms. The number of halogens is 1. The third-order valence-corrected chi connectivity index (χ3v) is 4.31. The van der Waals surface area contributed by atoms with Crippen molar-refractivity contribution in [2.75, 3.05) is 26.2 Å². The molecule has 2 aliphatic rings. The van der Waals surface area contributed by atoms with Gasteiger partial charge in [-0.15, -0.1) is 12.4 Å². The summed E-state index contributed by atoms with van der Waals surface area (Å²) < 4.78 is 5.66. The molecule has 4 nitrogen and oxygen atoms in total. The van der Waals surface area contributed by atoms with E-state index in [4.69, 9.17) is 4.42 Å². The van der Waals surface area contributed by atoms with Crippen molar-refractivity contribution in [1.29, 1.82) is 0 Å². The maximum absolute atomic E-state index is 12.5. The van der Waals surface area contributed by atoms with Crippen LogP contribution in [0.15, 0.2) is 34.7 Å². The van der Waals surface area contributed by atoms with E-state index in [9.17, 15) is 4.79 Å². The summed E-state index contributed by atoms with van der Waals surface area (Å²) in [7, 11) is 0. The van der Waals surface area contributed by atoms with Crippen molar-refractivity contribution in [1.82, 2.24) is 10.2 Å². The molecule has 1 N–H and O–H groups in total. The Morgan fingerprint density at radius 3 is 2.60 bits per heavy atom. The van der Waals surface area contributed by atoms with Crippen LogP contribution in [0.2, 0.25) is 0 Å². The van der Waals surface area contributed by atoms with Crippen LogP contribution < -0.4 is 5.32 Å². The fourth-order valence-corrected chi connectivity index (χ4v) is 3.26. The summed E-state index contributed by atoms with van der Waals surface area (Å²) in [5.74, 6) is 1.74. The maximum atomic E-state index is 12.5. The highest BCUT2D eigenvalue weighted by atomic mass is 35.5. The molecule has 2 fully saturated rings. The van der Waals surface area contributed by atoms with Crippen molar-refractivity contribution in [2.24, 2.45) is 11.8 Å². The number of amides is 1. The van der Waals surface area contributed by atoms with E-state index in [1.807, 2.05) is 35.2 Å². The molecule has 2 aromatic rings. The number of rotatable bonds is 1. The number of furan rings is 1. The fourth-order valence-electron chi connectivity index (χ4n) is 3.26. The predicted octanol–water partition coefficient (Wildman–Crippen LogP) is 2.15. The minimum atomic E-state index is 0. The van der Waals surface area contributed by atoms with E-state index in [0.717, 1.165) is 37.1 Å². The first-order valence-electron chi connectivity index (χ1n) is 6.80. The molecule has 2 atom stereocenters. The number of nitrogens with zero attached hydrogens (tertiary/aromatic N) is 1. The molecule has 1 aromatic heterocycles. The summed E-state index contributed by atoms with van der Waals surface area (Å²) in [4.78, 5) is 14.4. The Hall–Kier alpha value is -1.52. The Morgan fingerprint density at radius 2 is 1.90 bits per heavy atom. The lowest BCUT2D eigenvalue weighted by molar-refractivity contribution is 0.0752. The zero-order valence-electron chi connectivity index (χ0n) is 11.0. The smallest absolute Gasteiger partial charge is 0.289 e. The molecule has 0 bridgehead atoms. The van der Waals surface area contributed by atoms with Crippen LogP contribution in [0.4, 0.5) is 0 Å². The number of carbonyl (C=O) groups is 1. The number of carbonyl (C=O) groups excluding carboxylic acids is 1. The number of fused-ring (bicyclic) bond motifs is 2. The van der Waals surface area contributed by atoms with Crippen LogP contribution in [0.25, 0.3) is 11.0 Å². The molecule has 106 valence electrons. The maximum Gasteiger partial charge on any atom is 0.289 e. The molecule has 4 rings (SSSR count). The lowest BCUT2D eigenvalue weighted by Gasteiger charge is -2.15. The van der Waals surface area contributed by atoms with E-state index in [-0.39, 0.29) is 18.3 Å². The van der Waals surface area contributed by atoms with Gasteiger partial charge in [-0.25, -0.2) is 0 Å². The second kappa shape index (κ2) is 5.11. The molecular weight excluding hydrogens is 276 g/mol. The van der Waals surface area contributed by atoms with Gasteiger partial charge in [0.2, 0.25) is 0 Å². The minimum Gasteiger partial charge on any atom is -0.451 e. The first-order valence-corrected chi connectivity index (χ1v) is 6.80. The van der Waals surface area contributed by atoms with Crippen molar-refractivity contribution < 1.29 is 9.21 Å². The second-order valence-electron chi connectivity index (χ2n) is 5.54. The van der Waals surface area contributed by atoms with Crippen LogP contribution in [0.3, 0.4) is 0 Å². The quantitative estimate of drug-likeness (QED) is 0.876. The molecule has 1 aromatic carbocycles. The van der Waals surface area contributed by atoms with Gasteiger partial charge in [0, 0.05) is 31.6 Å². The summed E-state index contributed by atoms with van der Waals surface area (Å²) in [6.07, 6.45) is 0. The van der Waals surface area contributed by atoms with Crippen LogP contribution in [-0.2, 0) is 0 Å². The Morgan fingerprint density at radius 1 is 1.20 bits per heavy atom. The van der Waals surface area contributed by atoms with Gasteiger partial charge in [0.15, 0.2) is 5.76 Å². The molecule has 2 aliphatic heterocycles.